The van der Waals surface area contributed by atoms with E-state index in [4.69, 9.17) is 18.0 Å². The van der Waals surface area contributed by atoms with E-state index < -0.39 is 0 Å². The molecule has 0 radical (unpaired) electrons. The molecular formula is C12H19N5OS. The molecule has 0 fully saturated rings. The number of rotatable bonds is 6. The van der Waals surface area contributed by atoms with Gasteiger partial charge in [0.05, 0.1) is 4.99 Å². The molecule has 3 N–H and O–H groups in total. The second-order valence-corrected chi connectivity index (χ2v) is 4.79. The number of hydrogen-bond donors (Lipinski definition) is 2. The summed E-state index contributed by atoms with van der Waals surface area (Å²) in [6.07, 6.45) is 0.603. The maximum Gasteiger partial charge on any atom is 0.271 e. The number of nitrogens with one attached hydrogen (secondary N) is 1. The minimum atomic E-state index is -0.222. The van der Waals surface area contributed by atoms with Gasteiger partial charge in [-0.25, -0.2) is 0 Å². The van der Waals surface area contributed by atoms with Crippen LogP contribution in [0.4, 0.5) is 5.82 Å². The van der Waals surface area contributed by atoms with Crippen LogP contribution >= 0.6 is 12.2 Å². The molecule has 1 aromatic rings. The summed E-state index contributed by atoms with van der Waals surface area (Å²) in [6, 6.07) is 3.53. The lowest BCUT2D eigenvalue weighted by Crippen LogP contribution is -2.33. The molecular weight excluding hydrogens is 262 g/mol. The van der Waals surface area contributed by atoms with E-state index in [-0.39, 0.29) is 11.9 Å². The van der Waals surface area contributed by atoms with Gasteiger partial charge in [0.25, 0.3) is 5.91 Å². The van der Waals surface area contributed by atoms with Crippen molar-refractivity contribution in [2.75, 3.05) is 18.5 Å². The van der Waals surface area contributed by atoms with Crippen LogP contribution in [-0.4, -0.2) is 40.7 Å². The van der Waals surface area contributed by atoms with Crippen molar-refractivity contribution in [3.05, 3.63) is 17.8 Å². The van der Waals surface area contributed by atoms with Crippen molar-refractivity contribution in [1.82, 2.24) is 15.5 Å². The van der Waals surface area contributed by atoms with Gasteiger partial charge in [0, 0.05) is 26.1 Å². The third-order valence-corrected chi connectivity index (χ3v) is 2.91. The molecule has 7 heteroatoms. The molecule has 0 aliphatic carbocycles. The fraction of sp³-hybridized carbons (Fsp3) is 0.500. The van der Waals surface area contributed by atoms with E-state index in [2.05, 4.69) is 15.5 Å². The number of carbonyl (C=O) groups is 1. The molecule has 0 aliphatic rings. The average molecular weight is 281 g/mol. The van der Waals surface area contributed by atoms with Crippen LogP contribution in [0.2, 0.25) is 0 Å². The number of nitrogens with two attached hydrogens (primary N) is 1. The molecule has 1 atom stereocenters. The third-order valence-electron chi connectivity index (χ3n) is 2.74. The number of carbonyl (C=O) groups excluding carboxylic acids is 1. The van der Waals surface area contributed by atoms with Crippen molar-refractivity contribution in [3.63, 3.8) is 0 Å². The molecule has 1 rings (SSSR count). The molecule has 0 spiro atoms. The lowest BCUT2D eigenvalue weighted by molar-refractivity contribution is 0.0950. The van der Waals surface area contributed by atoms with Gasteiger partial charge in [0.1, 0.15) is 0 Å². The highest BCUT2D eigenvalue weighted by Gasteiger charge is 2.14. The Morgan fingerprint density at radius 1 is 1.53 bits per heavy atom. The second-order valence-electron chi connectivity index (χ2n) is 4.27. The highest BCUT2D eigenvalue weighted by Crippen LogP contribution is 2.12. The Morgan fingerprint density at radius 2 is 2.21 bits per heavy atom. The topological polar surface area (TPSA) is 84.1 Å². The minimum absolute atomic E-state index is 0.127. The lowest BCUT2D eigenvalue weighted by atomic mass is 10.2. The van der Waals surface area contributed by atoms with Crippen molar-refractivity contribution in [1.29, 1.82) is 0 Å². The predicted octanol–water partition coefficient (Wildman–Crippen LogP) is 0.727. The molecule has 6 nitrogen and oxygen atoms in total. The molecule has 104 valence electrons. The molecule has 1 aromatic heterocycles. The number of amides is 1. The van der Waals surface area contributed by atoms with Crippen molar-refractivity contribution in [2.45, 2.75) is 26.3 Å². The Labute approximate surface area is 118 Å². The summed E-state index contributed by atoms with van der Waals surface area (Å²) in [6.45, 7) is 4.41. The Hall–Kier alpha value is -1.76. The summed E-state index contributed by atoms with van der Waals surface area (Å²) in [5.41, 5.74) is 5.83. The number of hydrogen-bond acceptors (Lipinski definition) is 5. The molecule has 0 saturated heterocycles. The highest BCUT2D eigenvalue weighted by atomic mass is 32.1. The first-order valence-corrected chi connectivity index (χ1v) is 6.49. The quantitative estimate of drug-likeness (QED) is 0.748. The van der Waals surface area contributed by atoms with Gasteiger partial charge in [-0.3, -0.25) is 4.79 Å². The van der Waals surface area contributed by atoms with Gasteiger partial charge in [-0.1, -0.05) is 12.2 Å². The van der Waals surface area contributed by atoms with Gasteiger partial charge in [-0.2, -0.15) is 0 Å². The molecule has 0 bridgehead atoms. The van der Waals surface area contributed by atoms with Gasteiger partial charge in [-0.15, -0.1) is 10.2 Å². The molecule has 0 aliphatic heterocycles. The standard InChI is InChI=1S/C12H19N5OS/c1-4-14-12(18)9-5-6-11(16-15-9)17(3)8(2)7-10(13)19/h5-6,8H,4,7H2,1-3H3,(H2,13,19)(H,14,18). The van der Waals surface area contributed by atoms with Crippen molar-refractivity contribution >= 4 is 28.9 Å². The molecule has 0 saturated carbocycles. The number of anilines is 1. The molecule has 1 amide bonds. The van der Waals surface area contributed by atoms with E-state index in [0.29, 0.717) is 29.5 Å². The smallest absolute Gasteiger partial charge is 0.271 e. The largest absolute Gasteiger partial charge is 0.393 e. The summed E-state index contributed by atoms with van der Waals surface area (Å²) >= 11 is 4.89. The first-order valence-electron chi connectivity index (χ1n) is 6.08. The van der Waals surface area contributed by atoms with E-state index in [1.165, 1.54) is 0 Å². The van der Waals surface area contributed by atoms with Crippen LogP contribution in [0.15, 0.2) is 12.1 Å². The van der Waals surface area contributed by atoms with Gasteiger partial charge in [0.15, 0.2) is 11.5 Å². The van der Waals surface area contributed by atoms with Crippen molar-refractivity contribution in [2.24, 2.45) is 5.73 Å². The zero-order chi connectivity index (χ0) is 14.4. The van der Waals surface area contributed by atoms with Crippen LogP contribution in [0.5, 0.6) is 0 Å². The number of thiocarbonyl (C=S) groups is 1. The van der Waals surface area contributed by atoms with E-state index in [0.717, 1.165) is 0 Å². The fourth-order valence-corrected chi connectivity index (χ4v) is 1.78. The maximum atomic E-state index is 11.5. The van der Waals surface area contributed by atoms with E-state index in [9.17, 15) is 4.79 Å². The molecule has 1 unspecified atom stereocenters. The fourth-order valence-electron chi connectivity index (χ4n) is 1.54. The van der Waals surface area contributed by atoms with E-state index >= 15 is 0 Å². The predicted molar refractivity (Wildman–Crippen MR) is 79.3 cm³/mol. The van der Waals surface area contributed by atoms with Gasteiger partial charge in [0.2, 0.25) is 0 Å². The Balaban J connectivity index is 2.75. The van der Waals surface area contributed by atoms with Gasteiger partial charge < -0.3 is 16.0 Å². The van der Waals surface area contributed by atoms with Crippen LogP contribution in [0, 0.1) is 0 Å². The molecule has 19 heavy (non-hydrogen) atoms. The van der Waals surface area contributed by atoms with E-state index in [1.54, 1.807) is 12.1 Å². The van der Waals surface area contributed by atoms with Gasteiger partial charge >= 0.3 is 0 Å². The normalized spacial score (nSPS) is 11.7. The summed E-state index contributed by atoms with van der Waals surface area (Å²) in [5.74, 6) is 0.456. The third kappa shape index (κ3) is 4.44. The lowest BCUT2D eigenvalue weighted by Gasteiger charge is -2.25. The van der Waals surface area contributed by atoms with E-state index in [1.807, 2.05) is 25.8 Å². The summed E-state index contributed by atoms with van der Waals surface area (Å²) < 4.78 is 0. The zero-order valence-electron chi connectivity index (χ0n) is 11.4. The number of aromatic nitrogens is 2. The Bertz CT molecular complexity index is 448. The minimum Gasteiger partial charge on any atom is -0.393 e. The number of nitrogens with zero attached hydrogens (tertiary/aromatic N) is 3. The van der Waals surface area contributed by atoms with Crippen molar-refractivity contribution in [3.8, 4) is 0 Å². The molecule has 1 heterocycles. The zero-order valence-corrected chi connectivity index (χ0v) is 12.2. The first kappa shape index (κ1) is 15.3. The van der Waals surface area contributed by atoms with Crippen LogP contribution in [0.1, 0.15) is 30.8 Å². The Morgan fingerprint density at radius 3 is 2.68 bits per heavy atom. The van der Waals surface area contributed by atoms with Crippen LogP contribution in [0.3, 0.4) is 0 Å². The first-order chi connectivity index (χ1) is 8.95. The van der Waals surface area contributed by atoms with Crippen LogP contribution in [-0.2, 0) is 0 Å². The summed E-state index contributed by atoms with van der Waals surface area (Å²) in [5, 5.41) is 10.6. The monoisotopic (exact) mass is 281 g/mol. The second kappa shape index (κ2) is 6.98. The SMILES string of the molecule is CCNC(=O)c1ccc(N(C)C(C)CC(N)=S)nn1. The van der Waals surface area contributed by atoms with Crippen LogP contribution in [0.25, 0.3) is 0 Å². The molecule has 0 aromatic carbocycles. The maximum absolute atomic E-state index is 11.5. The van der Waals surface area contributed by atoms with Crippen molar-refractivity contribution < 1.29 is 4.79 Å². The average Bonchev–Trinajstić information content (AvgIpc) is 2.37. The summed E-state index contributed by atoms with van der Waals surface area (Å²) in [7, 11) is 1.89. The van der Waals surface area contributed by atoms with Gasteiger partial charge in [-0.05, 0) is 26.0 Å². The Kier molecular flexibility index (Phi) is 5.62. The van der Waals surface area contributed by atoms with Crippen LogP contribution < -0.4 is 16.0 Å². The summed E-state index contributed by atoms with van der Waals surface area (Å²) in [4.78, 5) is 13.9. The highest BCUT2D eigenvalue weighted by molar-refractivity contribution is 7.80.